The molecule has 0 aliphatic rings. The van der Waals surface area contributed by atoms with E-state index < -0.39 is 10.8 Å². The van der Waals surface area contributed by atoms with Crippen LogP contribution in [0.2, 0.25) is 0 Å². The molecule has 104 valence electrons. The van der Waals surface area contributed by atoms with Gasteiger partial charge in [0, 0.05) is 10.5 Å². The van der Waals surface area contributed by atoms with Gasteiger partial charge in [-0.05, 0) is 44.0 Å². The second-order valence-electron chi connectivity index (χ2n) is 5.00. The van der Waals surface area contributed by atoms with Crippen molar-refractivity contribution in [1.29, 1.82) is 0 Å². The molecular formula is C17H18O2S. The smallest absolute Gasteiger partial charge is 0.175 e. The summed E-state index contributed by atoms with van der Waals surface area (Å²) in [4.78, 5) is 13.1. The lowest BCUT2D eigenvalue weighted by atomic mass is 10.0. The molecule has 3 heteroatoms. The standard InChI is InChI=1S/C17H18O2S/c1-12-8-9-13(2)15(10-12)16(18)11-20(19)17-7-5-4-6-14(17)3/h4-10H,11H2,1-3H3. The Balaban J connectivity index is 2.22. The minimum Gasteiger partial charge on any atom is -0.293 e. The Morgan fingerprint density at radius 2 is 1.70 bits per heavy atom. The molecule has 2 rings (SSSR count). The molecule has 0 aliphatic heterocycles. The number of carbonyl (C=O) groups is 1. The Hall–Kier alpha value is -1.74. The highest BCUT2D eigenvalue weighted by Gasteiger charge is 2.15. The highest BCUT2D eigenvalue weighted by Crippen LogP contribution is 2.16. The fraction of sp³-hybridized carbons (Fsp3) is 0.235. The number of hydrogen-bond acceptors (Lipinski definition) is 2. The molecule has 0 fully saturated rings. The lowest BCUT2D eigenvalue weighted by Gasteiger charge is -2.08. The summed E-state index contributed by atoms with van der Waals surface area (Å²) in [5, 5.41) is 0. The second kappa shape index (κ2) is 6.14. The van der Waals surface area contributed by atoms with Crippen molar-refractivity contribution in [3.63, 3.8) is 0 Å². The number of rotatable bonds is 4. The quantitative estimate of drug-likeness (QED) is 0.805. The summed E-state index contributed by atoms with van der Waals surface area (Å²) in [5.41, 5.74) is 3.61. The molecule has 0 spiro atoms. The SMILES string of the molecule is Cc1ccc(C)c(C(=O)CS(=O)c2ccccc2C)c1. The van der Waals surface area contributed by atoms with Gasteiger partial charge in [-0.2, -0.15) is 0 Å². The monoisotopic (exact) mass is 286 g/mol. The van der Waals surface area contributed by atoms with E-state index in [0.29, 0.717) is 5.56 Å². The van der Waals surface area contributed by atoms with Crippen molar-refractivity contribution in [2.24, 2.45) is 0 Å². The molecule has 20 heavy (non-hydrogen) atoms. The van der Waals surface area contributed by atoms with Crippen LogP contribution in [0.3, 0.4) is 0 Å². The van der Waals surface area contributed by atoms with Crippen LogP contribution < -0.4 is 0 Å². The van der Waals surface area contributed by atoms with E-state index in [1.165, 1.54) is 0 Å². The molecule has 0 aromatic heterocycles. The number of Topliss-reactive ketones (excluding diaryl/α,β-unsaturated/α-hetero) is 1. The lowest BCUT2D eigenvalue weighted by molar-refractivity contribution is 0.102. The average Bonchev–Trinajstić information content (AvgIpc) is 2.41. The molecule has 0 saturated carbocycles. The predicted molar refractivity (Wildman–Crippen MR) is 82.7 cm³/mol. The van der Waals surface area contributed by atoms with E-state index in [0.717, 1.165) is 21.6 Å². The highest BCUT2D eigenvalue weighted by molar-refractivity contribution is 7.85. The van der Waals surface area contributed by atoms with Crippen LogP contribution in [-0.4, -0.2) is 15.7 Å². The van der Waals surface area contributed by atoms with Gasteiger partial charge in [-0.3, -0.25) is 9.00 Å². The predicted octanol–water partition coefficient (Wildman–Crippen LogP) is 3.60. The summed E-state index contributed by atoms with van der Waals surface area (Å²) in [6.07, 6.45) is 0. The first-order valence-electron chi connectivity index (χ1n) is 6.53. The molecular weight excluding hydrogens is 268 g/mol. The van der Waals surface area contributed by atoms with Crippen molar-refractivity contribution in [3.05, 3.63) is 64.7 Å². The van der Waals surface area contributed by atoms with Crippen LogP contribution in [0.4, 0.5) is 0 Å². The topological polar surface area (TPSA) is 34.1 Å². The first kappa shape index (κ1) is 14.7. The zero-order chi connectivity index (χ0) is 14.7. The van der Waals surface area contributed by atoms with Gasteiger partial charge in [0.1, 0.15) is 0 Å². The molecule has 0 amide bonds. The van der Waals surface area contributed by atoms with Gasteiger partial charge in [0.05, 0.1) is 16.6 Å². The molecule has 0 heterocycles. The number of ketones is 1. The Morgan fingerprint density at radius 3 is 2.40 bits per heavy atom. The summed E-state index contributed by atoms with van der Waals surface area (Å²) < 4.78 is 12.3. The van der Waals surface area contributed by atoms with E-state index in [1.54, 1.807) is 0 Å². The zero-order valence-corrected chi connectivity index (χ0v) is 12.8. The van der Waals surface area contributed by atoms with E-state index in [-0.39, 0.29) is 11.5 Å². The molecule has 1 atom stereocenters. The van der Waals surface area contributed by atoms with Gasteiger partial charge in [0.2, 0.25) is 0 Å². The maximum absolute atomic E-state index is 12.3. The third-order valence-corrected chi connectivity index (χ3v) is 4.77. The van der Waals surface area contributed by atoms with Crippen molar-refractivity contribution in [2.45, 2.75) is 25.7 Å². The van der Waals surface area contributed by atoms with Crippen molar-refractivity contribution < 1.29 is 9.00 Å². The van der Waals surface area contributed by atoms with Crippen LogP contribution >= 0.6 is 0 Å². The molecule has 0 saturated heterocycles. The van der Waals surface area contributed by atoms with Gasteiger partial charge < -0.3 is 0 Å². The summed E-state index contributed by atoms with van der Waals surface area (Å²) in [6, 6.07) is 13.3. The van der Waals surface area contributed by atoms with Crippen LogP contribution in [0.5, 0.6) is 0 Å². The van der Waals surface area contributed by atoms with Gasteiger partial charge in [0.25, 0.3) is 0 Å². The number of benzene rings is 2. The first-order chi connectivity index (χ1) is 9.49. The van der Waals surface area contributed by atoms with Crippen LogP contribution in [0.1, 0.15) is 27.0 Å². The number of aryl methyl sites for hydroxylation is 3. The van der Waals surface area contributed by atoms with Crippen molar-refractivity contribution >= 4 is 16.6 Å². The van der Waals surface area contributed by atoms with E-state index in [4.69, 9.17) is 0 Å². The van der Waals surface area contributed by atoms with E-state index in [1.807, 2.05) is 63.2 Å². The third kappa shape index (κ3) is 3.23. The summed E-state index contributed by atoms with van der Waals surface area (Å²) in [7, 11) is -1.29. The number of carbonyl (C=O) groups excluding carboxylic acids is 1. The fourth-order valence-corrected chi connectivity index (χ4v) is 3.33. The van der Waals surface area contributed by atoms with Crippen molar-refractivity contribution in [2.75, 3.05) is 5.75 Å². The van der Waals surface area contributed by atoms with Gasteiger partial charge in [-0.25, -0.2) is 0 Å². The molecule has 2 aromatic carbocycles. The van der Waals surface area contributed by atoms with Crippen molar-refractivity contribution in [3.8, 4) is 0 Å². The Labute approximate surface area is 122 Å². The molecule has 0 radical (unpaired) electrons. The van der Waals surface area contributed by atoms with Gasteiger partial charge >= 0.3 is 0 Å². The molecule has 0 bridgehead atoms. The maximum Gasteiger partial charge on any atom is 0.175 e. The minimum atomic E-state index is -1.29. The van der Waals surface area contributed by atoms with Crippen LogP contribution in [0.25, 0.3) is 0 Å². The molecule has 0 N–H and O–H groups in total. The average molecular weight is 286 g/mol. The Kier molecular flexibility index (Phi) is 4.50. The molecule has 1 unspecified atom stereocenters. The van der Waals surface area contributed by atoms with E-state index in [2.05, 4.69) is 0 Å². The van der Waals surface area contributed by atoms with Gasteiger partial charge in [-0.1, -0.05) is 35.9 Å². The van der Waals surface area contributed by atoms with Gasteiger partial charge in [-0.15, -0.1) is 0 Å². The Morgan fingerprint density at radius 1 is 1.00 bits per heavy atom. The third-order valence-electron chi connectivity index (χ3n) is 3.29. The molecule has 2 aromatic rings. The highest BCUT2D eigenvalue weighted by atomic mass is 32.2. The Bertz CT molecular complexity index is 674. The maximum atomic E-state index is 12.3. The van der Waals surface area contributed by atoms with Crippen LogP contribution in [-0.2, 0) is 10.8 Å². The zero-order valence-electron chi connectivity index (χ0n) is 12.0. The lowest BCUT2D eigenvalue weighted by Crippen LogP contribution is -2.13. The normalized spacial score (nSPS) is 12.2. The summed E-state index contributed by atoms with van der Waals surface area (Å²) in [5.74, 6) is -0.0254. The van der Waals surface area contributed by atoms with Crippen LogP contribution in [0, 0.1) is 20.8 Å². The summed E-state index contributed by atoms with van der Waals surface area (Å²) >= 11 is 0. The minimum absolute atomic E-state index is 0.0369. The second-order valence-corrected chi connectivity index (χ2v) is 6.42. The van der Waals surface area contributed by atoms with Crippen LogP contribution in [0.15, 0.2) is 47.4 Å². The number of hydrogen-bond donors (Lipinski definition) is 0. The molecule has 0 aliphatic carbocycles. The van der Waals surface area contributed by atoms with Crippen molar-refractivity contribution in [1.82, 2.24) is 0 Å². The largest absolute Gasteiger partial charge is 0.293 e. The molecule has 2 nitrogen and oxygen atoms in total. The summed E-state index contributed by atoms with van der Waals surface area (Å²) in [6.45, 7) is 5.77. The van der Waals surface area contributed by atoms with E-state index in [9.17, 15) is 9.00 Å². The van der Waals surface area contributed by atoms with Gasteiger partial charge in [0.15, 0.2) is 5.78 Å². The fourth-order valence-electron chi connectivity index (χ4n) is 2.12. The van der Waals surface area contributed by atoms with E-state index >= 15 is 0 Å². The first-order valence-corrected chi connectivity index (χ1v) is 7.85.